The van der Waals surface area contributed by atoms with E-state index in [1.54, 1.807) is 0 Å². The lowest BCUT2D eigenvalue weighted by molar-refractivity contribution is 0.0616. The first-order valence-electron chi connectivity index (χ1n) is 12.0. The van der Waals surface area contributed by atoms with E-state index in [1.165, 1.54) is 4.90 Å². The Morgan fingerprint density at radius 3 is 2.24 bits per heavy atom. The van der Waals surface area contributed by atoms with Gasteiger partial charge >= 0.3 is 6.09 Å². The van der Waals surface area contributed by atoms with Crippen molar-refractivity contribution < 1.29 is 19.4 Å². The quantitative estimate of drug-likeness (QED) is 0.545. The zero-order valence-electron chi connectivity index (χ0n) is 21.1. The number of hydrogen-bond acceptors (Lipinski definition) is 3. The molecule has 2 heterocycles. The smallest absolute Gasteiger partial charge is 0.412 e. The molecule has 0 atom stereocenters. The molecule has 1 aromatic carbocycles. The number of nitrogens with zero attached hydrogens (tertiary/aromatic N) is 2. The number of Topliss-reactive ketones (excluding diaryl/α,β-unsaturated/α-hetero) is 1. The van der Waals surface area contributed by atoms with Gasteiger partial charge in [-0.3, -0.25) is 9.69 Å². The van der Waals surface area contributed by atoms with Crippen molar-refractivity contribution in [3.05, 3.63) is 30.0 Å². The number of rotatable bonds is 5. The minimum absolute atomic E-state index is 0.0472. The second-order valence-corrected chi connectivity index (χ2v) is 12.0. The summed E-state index contributed by atoms with van der Waals surface area (Å²) in [6, 6.07) is 5.73. The van der Waals surface area contributed by atoms with Crippen molar-refractivity contribution in [2.75, 3.05) is 18.1 Å². The van der Waals surface area contributed by atoms with Crippen LogP contribution in [0.4, 0.5) is 10.5 Å². The van der Waals surface area contributed by atoms with Crippen LogP contribution in [0.3, 0.4) is 0 Å². The fourth-order valence-electron chi connectivity index (χ4n) is 5.77. The molecule has 4 rings (SSSR count). The standard InChI is InChI=1S/C27H38N2O4/c1-25(2,3)29(24(31)32)18-8-9-21-19(14-18)20(22(30)23-26(4,5)27(23,6)7)16-28(21)15-17-10-12-33-13-11-17/h8-9,14,16-17,23H,10-13,15H2,1-7H3,(H,31,32). The SMILES string of the molecule is CC(C)(C)N(C(=O)O)c1ccc2c(c1)c(C(=O)C1C(C)(C)C1(C)C)cn2CC1CCOCC1. The lowest BCUT2D eigenvalue weighted by atomic mass is 9.99. The minimum Gasteiger partial charge on any atom is -0.465 e. The van der Waals surface area contributed by atoms with Crippen molar-refractivity contribution in [3.8, 4) is 0 Å². The average molecular weight is 455 g/mol. The number of benzene rings is 1. The molecule has 0 bridgehead atoms. The summed E-state index contributed by atoms with van der Waals surface area (Å²) in [6.07, 6.45) is 3.04. The van der Waals surface area contributed by atoms with Gasteiger partial charge in [-0.05, 0) is 68.6 Å². The van der Waals surface area contributed by atoms with Crippen LogP contribution in [0.25, 0.3) is 10.9 Å². The van der Waals surface area contributed by atoms with Gasteiger partial charge < -0.3 is 14.4 Å². The van der Waals surface area contributed by atoms with Gasteiger partial charge in [0.2, 0.25) is 0 Å². The fourth-order valence-corrected chi connectivity index (χ4v) is 5.77. The summed E-state index contributed by atoms with van der Waals surface area (Å²) in [5.41, 5.74) is 1.57. The van der Waals surface area contributed by atoms with E-state index < -0.39 is 11.6 Å². The largest absolute Gasteiger partial charge is 0.465 e. The maximum absolute atomic E-state index is 13.8. The van der Waals surface area contributed by atoms with Crippen molar-refractivity contribution in [2.45, 2.75) is 73.4 Å². The molecule has 2 fully saturated rings. The average Bonchev–Trinajstić information content (AvgIpc) is 2.94. The summed E-state index contributed by atoms with van der Waals surface area (Å²) >= 11 is 0. The molecule has 0 radical (unpaired) electrons. The first kappa shape index (κ1) is 23.8. The lowest BCUT2D eigenvalue weighted by Gasteiger charge is -2.33. The Bertz CT molecular complexity index is 1070. The van der Waals surface area contributed by atoms with E-state index in [-0.39, 0.29) is 22.5 Å². The first-order valence-corrected chi connectivity index (χ1v) is 12.0. The Morgan fingerprint density at radius 2 is 1.73 bits per heavy atom. The number of ether oxygens (including phenoxy) is 1. The molecule has 6 nitrogen and oxygen atoms in total. The number of hydrogen-bond donors (Lipinski definition) is 1. The van der Waals surface area contributed by atoms with Crippen LogP contribution < -0.4 is 4.90 Å². The Morgan fingerprint density at radius 1 is 1.12 bits per heavy atom. The molecule has 1 aliphatic carbocycles. The molecule has 1 saturated heterocycles. The normalized spacial score (nSPS) is 20.7. The van der Waals surface area contributed by atoms with Crippen LogP contribution in [0.15, 0.2) is 24.4 Å². The van der Waals surface area contributed by atoms with Gasteiger partial charge in [0.25, 0.3) is 0 Å². The summed E-state index contributed by atoms with van der Waals surface area (Å²) in [7, 11) is 0. The summed E-state index contributed by atoms with van der Waals surface area (Å²) in [6.45, 7) is 16.7. The number of anilines is 1. The van der Waals surface area contributed by atoms with Crippen molar-refractivity contribution in [1.29, 1.82) is 0 Å². The molecule has 1 N–H and O–H groups in total. The molecule has 6 heteroatoms. The Hall–Kier alpha value is -2.34. The van der Waals surface area contributed by atoms with E-state index >= 15 is 0 Å². The van der Waals surface area contributed by atoms with Crippen LogP contribution in [-0.2, 0) is 11.3 Å². The molecule has 0 spiro atoms. The highest BCUT2D eigenvalue weighted by atomic mass is 16.5. The third-order valence-corrected chi connectivity index (χ3v) is 8.33. The summed E-state index contributed by atoms with van der Waals surface area (Å²) in [4.78, 5) is 27.3. The van der Waals surface area contributed by atoms with Crippen molar-refractivity contribution >= 4 is 28.5 Å². The molecular weight excluding hydrogens is 416 g/mol. The second-order valence-electron chi connectivity index (χ2n) is 12.0. The fraction of sp³-hybridized carbons (Fsp3) is 0.630. The molecule has 33 heavy (non-hydrogen) atoms. The van der Waals surface area contributed by atoms with Gasteiger partial charge in [0.15, 0.2) is 5.78 Å². The van der Waals surface area contributed by atoms with Gasteiger partial charge in [-0.15, -0.1) is 0 Å². The highest BCUT2D eigenvalue weighted by Crippen LogP contribution is 2.69. The molecular formula is C27H38N2O4. The summed E-state index contributed by atoms with van der Waals surface area (Å²) in [5.74, 6) is 0.625. The number of fused-ring (bicyclic) bond motifs is 1. The van der Waals surface area contributed by atoms with E-state index in [4.69, 9.17) is 4.74 Å². The third-order valence-electron chi connectivity index (χ3n) is 8.33. The van der Waals surface area contributed by atoms with Crippen LogP contribution in [0.1, 0.15) is 71.7 Å². The number of carbonyl (C=O) groups excluding carboxylic acids is 1. The van der Waals surface area contributed by atoms with Gasteiger partial charge in [0.05, 0.1) is 0 Å². The zero-order chi connectivity index (χ0) is 24.3. The van der Waals surface area contributed by atoms with E-state index in [1.807, 2.05) is 45.2 Å². The zero-order valence-corrected chi connectivity index (χ0v) is 21.1. The minimum atomic E-state index is -0.999. The van der Waals surface area contributed by atoms with Gasteiger partial charge in [-0.1, -0.05) is 27.7 Å². The van der Waals surface area contributed by atoms with Crippen molar-refractivity contribution in [2.24, 2.45) is 22.7 Å². The first-order chi connectivity index (χ1) is 15.3. The van der Waals surface area contributed by atoms with Crippen molar-refractivity contribution in [1.82, 2.24) is 4.57 Å². The molecule has 1 saturated carbocycles. The lowest BCUT2D eigenvalue weighted by Crippen LogP contribution is -2.45. The van der Waals surface area contributed by atoms with Gasteiger partial charge in [0, 0.05) is 59.6 Å². The predicted molar refractivity (Wildman–Crippen MR) is 131 cm³/mol. The van der Waals surface area contributed by atoms with Crippen LogP contribution in [0.2, 0.25) is 0 Å². The number of carboxylic acid groups (broad SMARTS) is 1. The number of ketones is 1. The van der Waals surface area contributed by atoms with Crippen LogP contribution in [0, 0.1) is 22.7 Å². The van der Waals surface area contributed by atoms with Crippen LogP contribution in [-0.4, -0.2) is 40.3 Å². The Balaban J connectivity index is 1.82. The number of amides is 1. The van der Waals surface area contributed by atoms with Crippen LogP contribution >= 0.6 is 0 Å². The Labute approximate surface area is 196 Å². The highest BCUT2D eigenvalue weighted by Gasteiger charge is 2.68. The topological polar surface area (TPSA) is 71.8 Å². The number of aromatic nitrogens is 1. The predicted octanol–water partition coefficient (Wildman–Crippen LogP) is 6.22. The molecule has 1 amide bonds. The highest BCUT2D eigenvalue weighted by molar-refractivity contribution is 6.12. The molecule has 1 aliphatic heterocycles. The maximum atomic E-state index is 13.8. The second kappa shape index (κ2) is 7.86. The number of carbonyl (C=O) groups is 2. The van der Waals surface area contributed by atoms with Gasteiger partial charge in [-0.25, -0.2) is 4.79 Å². The van der Waals surface area contributed by atoms with E-state index in [2.05, 4.69) is 32.3 Å². The van der Waals surface area contributed by atoms with Gasteiger partial charge in [-0.2, -0.15) is 0 Å². The van der Waals surface area contributed by atoms with E-state index in [0.717, 1.165) is 43.5 Å². The van der Waals surface area contributed by atoms with Crippen LogP contribution in [0.5, 0.6) is 0 Å². The molecule has 0 unspecified atom stereocenters. The molecule has 2 aromatic rings. The van der Waals surface area contributed by atoms with E-state index in [0.29, 0.717) is 17.2 Å². The summed E-state index contributed by atoms with van der Waals surface area (Å²) < 4.78 is 7.73. The Kier molecular flexibility index (Phi) is 5.67. The molecule has 180 valence electrons. The van der Waals surface area contributed by atoms with Gasteiger partial charge in [0.1, 0.15) is 0 Å². The summed E-state index contributed by atoms with van der Waals surface area (Å²) in [5, 5.41) is 10.8. The van der Waals surface area contributed by atoms with E-state index in [9.17, 15) is 14.7 Å². The third kappa shape index (κ3) is 3.96. The molecule has 2 aliphatic rings. The maximum Gasteiger partial charge on any atom is 0.412 e. The van der Waals surface area contributed by atoms with Crippen molar-refractivity contribution in [3.63, 3.8) is 0 Å². The monoisotopic (exact) mass is 454 g/mol. The molecule has 1 aromatic heterocycles.